The van der Waals surface area contributed by atoms with Crippen molar-refractivity contribution in [3.05, 3.63) is 102 Å². The van der Waals surface area contributed by atoms with Crippen LogP contribution in [0.2, 0.25) is 0 Å². The number of hydrogen-bond acceptors (Lipinski definition) is 5. The van der Waals surface area contributed by atoms with E-state index in [1.807, 2.05) is 68.4 Å². The van der Waals surface area contributed by atoms with E-state index < -0.39 is 6.04 Å². The Morgan fingerprint density at radius 2 is 1.77 bits per heavy atom. The molecule has 0 spiro atoms. The summed E-state index contributed by atoms with van der Waals surface area (Å²) in [6, 6.07) is 22.4. The second-order valence-corrected chi connectivity index (χ2v) is 8.10. The fourth-order valence-corrected chi connectivity index (χ4v) is 4.11. The van der Waals surface area contributed by atoms with Gasteiger partial charge in [-0.05, 0) is 67.9 Å². The third-order valence-corrected chi connectivity index (χ3v) is 5.74. The maximum Gasteiger partial charge on any atom is 0.255 e. The molecule has 0 radical (unpaired) electrons. The zero-order chi connectivity index (χ0) is 24.4. The molecule has 2 heterocycles. The van der Waals surface area contributed by atoms with Gasteiger partial charge in [-0.2, -0.15) is 4.98 Å². The third kappa shape index (κ3) is 4.50. The summed E-state index contributed by atoms with van der Waals surface area (Å²) in [5.74, 6) is 1.09. The van der Waals surface area contributed by atoms with E-state index in [-0.39, 0.29) is 11.7 Å². The second-order valence-electron chi connectivity index (χ2n) is 8.10. The lowest BCUT2D eigenvalue weighted by molar-refractivity contribution is -0.113. The number of para-hydroxylation sites is 1. The number of fused-ring (bicyclic) bond motifs is 1. The predicted octanol–water partition coefficient (Wildman–Crippen LogP) is 5.41. The Hall–Kier alpha value is -4.46. The van der Waals surface area contributed by atoms with Crippen molar-refractivity contribution in [1.82, 2.24) is 14.8 Å². The molecule has 1 aliphatic heterocycles. The normalized spacial score (nSPS) is 14.8. The fraction of sp³-hybridized carbons (Fsp3) is 0.148. The largest absolute Gasteiger partial charge is 0.494 e. The smallest absolute Gasteiger partial charge is 0.255 e. The average Bonchev–Trinajstić information content (AvgIpc) is 3.28. The summed E-state index contributed by atoms with van der Waals surface area (Å²) >= 11 is 0. The highest BCUT2D eigenvalue weighted by Crippen LogP contribution is 2.37. The first-order valence-electron chi connectivity index (χ1n) is 11.3. The van der Waals surface area contributed by atoms with E-state index in [0.29, 0.717) is 40.9 Å². The van der Waals surface area contributed by atoms with Crippen LogP contribution < -0.4 is 15.4 Å². The highest BCUT2D eigenvalue weighted by atomic mass is 19.1. The summed E-state index contributed by atoms with van der Waals surface area (Å²) in [7, 11) is 0. The Kier molecular flexibility index (Phi) is 6.01. The monoisotopic (exact) mass is 469 g/mol. The number of halogens is 1. The molecule has 0 fully saturated rings. The molecular formula is C27H24FN5O2. The molecule has 1 atom stereocenters. The molecule has 0 bridgehead atoms. The van der Waals surface area contributed by atoms with Crippen molar-refractivity contribution in [3.63, 3.8) is 0 Å². The number of ether oxygens (including phenoxy) is 1. The molecule has 1 aliphatic rings. The van der Waals surface area contributed by atoms with Crippen molar-refractivity contribution in [3.8, 4) is 17.1 Å². The lowest BCUT2D eigenvalue weighted by atomic mass is 9.95. The van der Waals surface area contributed by atoms with E-state index in [0.717, 1.165) is 11.3 Å². The summed E-state index contributed by atoms with van der Waals surface area (Å²) in [5.41, 5.74) is 3.40. The number of nitrogens with one attached hydrogen (secondary N) is 2. The van der Waals surface area contributed by atoms with Crippen LogP contribution in [-0.4, -0.2) is 27.3 Å². The van der Waals surface area contributed by atoms with Gasteiger partial charge in [0, 0.05) is 16.9 Å². The number of anilines is 2. The van der Waals surface area contributed by atoms with Crippen LogP contribution in [0.25, 0.3) is 11.4 Å². The molecule has 0 saturated carbocycles. The summed E-state index contributed by atoms with van der Waals surface area (Å²) in [4.78, 5) is 18.1. The van der Waals surface area contributed by atoms with Crippen LogP contribution >= 0.6 is 0 Å². The Balaban J connectivity index is 1.58. The van der Waals surface area contributed by atoms with Crippen LogP contribution in [-0.2, 0) is 4.79 Å². The zero-order valence-electron chi connectivity index (χ0n) is 19.3. The number of amides is 1. The lowest BCUT2D eigenvalue weighted by Crippen LogP contribution is -2.31. The van der Waals surface area contributed by atoms with Crippen molar-refractivity contribution in [2.75, 3.05) is 17.2 Å². The Morgan fingerprint density at radius 3 is 2.46 bits per heavy atom. The van der Waals surface area contributed by atoms with Gasteiger partial charge in [0.1, 0.15) is 17.6 Å². The number of nitrogens with zero attached hydrogens (tertiary/aromatic N) is 3. The van der Waals surface area contributed by atoms with Crippen molar-refractivity contribution in [2.24, 2.45) is 0 Å². The third-order valence-electron chi connectivity index (χ3n) is 5.74. The quantitative estimate of drug-likeness (QED) is 0.395. The topological polar surface area (TPSA) is 81.1 Å². The van der Waals surface area contributed by atoms with Gasteiger partial charge < -0.3 is 15.4 Å². The van der Waals surface area contributed by atoms with Gasteiger partial charge in [0.05, 0.1) is 12.2 Å². The van der Waals surface area contributed by atoms with Gasteiger partial charge in [-0.3, -0.25) is 4.79 Å². The van der Waals surface area contributed by atoms with Crippen LogP contribution in [0.5, 0.6) is 5.75 Å². The van der Waals surface area contributed by atoms with Crippen LogP contribution in [0.1, 0.15) is 25.5 Å². The van der Waals surface area contributed by atoms with E-state index in [4.69, 9.17) is 9.84 Å². The molecule has 3 aromatic carbocycles. The van der Waals surface area contributed by atoms with E-state index in [9.17, 15) is 9.18 Å². The number of carbonyl (C=O) groups excluding carboxylic acids is 1. The molecule has 8 heteroatoms. The second kappa shape index (κ2) is 9.42. The highest BCUT2D eigenvalue weighted by Gasteiger charge is 2.34. The minimum Gasteiger partial charge on any atom is -0.494 e. The minimum atomic E-state index is -0.535. The Bertz CT molecular complexity index is 1380. The molecule has 1 aromatic heterocycles. The van der Waals surface area contributed by atoms with Gasteiger partial charge in [-0.1, -0.05) is 30.3 Å². The van der Waals surface area contributed by atoms with E-state index >= 15 is 0 Å². The zero-order valence-corrected chi connectivity index (χ0v) is 19.3. The van der Waals surface area contributed by atoms with Gasteiger partial charge in [-0.15, -0.1) is 5.10 Å². The van der Waals surface area contributed by atoms with Crippen molar-refractivity contribution in [1.29, 1.82) is 0 Å². The van der Waals surface area contributed by atoms with Crippen LogP contribution in [0.4, 0.5) is 16.0 Å². The maximum atomic E-state index is 13.5. The van der Waals surface area contributed by atoms with Crippen LogP contribution in [0.3, 0.4) is 0 Å². The first kappa shape index (κ1) is 22.3. The van der Waals surface area contributed by atoms with Crippen LogP contribution in [0.15, 0.2) is 90.1 Å². The Morgan fingerprint density at radius 1 is 1.06 bits per heavy atom. The van der Waals surface area contributed by atoms with Gasteiger partial charge in [-0.25, -0.2) is 9.07 Å². The molecule has 1 amide bonds. The van der Waals surface area contributed by atoms with Gasteiger partial charge in [0.15, 0.2) is 5.82 Å². The first-order chi connectivity index (χ1) is 17.0. The number of rotatable bonds is 6. The predicted molar refractivity (Wildman–Crippen MR) is 133 cm³/mol. The number of carbonyl (C=O) groups is 1. The highest BCUT2D eigenvalue weighted by molar-refractivity contribution is 6.06. The SMILES string of the molecule is CCOc1ccc(C2C(C(=O)Nc3ccccc3)=C(C)Nc3nc(-c4ccc(F)cc4)nn32)cc1. The van der Waals surface area contributed by atoms with E-state index in [1.165, 1.54) is 12.1 Å². The number of hydrogen-bond donors (Lipinski definition) is 2. The Labute approximate surface area is 202 Å². The molecule has 0 saturated heterocycles. The maximum absolute atomic E-state index is 13.5. The molecular weight excluding hydrogens is 445 g/mol. The molecule has 1 unspecified atom stereocenters. The molecule has 2 N–H and O–H groups in total. The van der Waals surface area contributed by atoms with Crippen molar-refractivity contribution < 1.29 is 13.9 Å². The summed E-state index contributed by atoms with van der Waals surface area (Å²) in [6.07, 6.45) is 0. The van der Waals surface area contributed by atoms with Crippen molar-refractivity contribution >= 4 is 17.5 Å². The standard InChI is InChI=1S/C27H24FN5O2/c1-3-35-22-15-11-18(12-16-22)24-23(26(34)30-21-7-5-4-6-8-21)17(2)29-27-31-25(32-33(24)27)19-9-13-20(28)14-10-19/h4-16,24H,3H2,1-2H3,(H,30,34)(H,29,31,32). The van der Waals surface area contributed by atoms with Gasteiger partial charge in [0.2, 0.25) is 5.95 Å². The molecule has 0 aliphatic carbocycles. The van der Waals surface area contributed by atoms with Crippen molar-refractivity contribution in [2.45, 2.75) is 19.9 Å². The summed E-state index contributed by atoms with van der Waals surface area (Å²) in [6.45, 7) is 4.33. The molecule has 5 rings (SSSR count). The lowest BCUT2D eigenvalue weighted by Gasteiger charge is -2.28. The molecule has 7 nitrogen and oxygen atoms in total. The van der Waals surface area contributed by atoms with E-state index in [2.05, 4.69) is 15.6 Å². The first-order valence-corrected chi connectivity index (χ1v) is 11.3. The molecule has 4 aromatic rings. The fourth-order valence-electron chi connectivity index (χ4n) is 4.11. The minimum absolute atomic E-state index is 0.246. The average molecular weight is 470 g/mol. The summed E-state index contributed by atoms with van der Waals surface area (Å²) in [5, 5.41) is 10.9. The van der Waals surface area contributed by atoms with Gasteiger partial charge >= 0.3 is 0 Å². The molecule has 35 heavy (non-hydrogen) atoms. The molecule has 176 valence electrons. The number of benzene rings is 3. The number of aromatic nitrogens is 3. The number of allylic oxidation sites excluding steroid dienone is 1. The van der Waals surface area contributed by atoms with E-state index in [1.54, 1.807) is 16.8 Å². The van der Waals surface area contributed by atoms with Gasteiger partial charge in [0.25, 0.3) is 5.91 Å². The van der Waals surface area contributed by atoms with Crippen LogP contribution in [0, 0.1) is 5.82 Å². The summed E-state index contributed by atoms with van der Waals surface area (Å²) < 4.78 is 20.7.